The maximum Gasteiger partial charge on any atom is 0.319 e. The van der Waals surface area contributed by atoms with Crippen LogP contribution in [0.5, 0.6) is 0 Å². The van der Waals surface area contributed by atoms with Crippen molar-refractivity contribution in [2.24, 2.45) is 11.7 Å². The molecule has 0 aromatic heterocycles. The smallest absolute Gasteiger partial charge is 0.319 e. The number of ether oxygens (including phenoxy) is 2. The highest BCUT2D eigenvalue weighted by atomic mass is 16.5. The van der Waals surface area contributed by atoms with Gasteiger partial charge in [-0.05, 0) is 31.2 Å². The molecule has 20 heavy (non-hydrogen) atoms. The van der Waals surface area contributed by atoms with Gasteiger partial charge in [0.15, 0.2) is 0 Å². The summed E-state index contributed by atoms with van der Waals surface area (Å²) in [5.41, 5.74) is 6.96. The third kappa shape index (κ3) is 3.19. The first-order valence-electron chi connectivity index (χ1n) is 7.06. The molecule has 1 atom stereocenters. The number of hydrogen-bond donors (Lipinski definition) is 1. The first kappa shape index (κ1) is 15.0. The Bertz CT molecular complexity index is 471. The fraction of sp³-hybridized carbons (Fsp3) is 0.562. The Hall–Kier alpha value is -1.39. The molecule has 0 amide bonds. The lowest BCUT2D eigenvalue weighted by molar-refractivity contribution is -0.150. The molecule has 2 rings (SSSR count). The molecule has 2 N–H and O–H groups in total. The minimum Gasteiger partial charge on any atom is -0.468 e. The second-order valence-electron chi connectivity index (χ2n) is 5.61. The highest BCUT2D eigenvalue weighted by Gasteiger charge is 2.41. The van der Waals surface area contributed by atoms with Gasteiger partial charge in [0.2, 0.25) is 0 Å². The molecule has 4 nitrogen and oxygen atoms in total. The van der Waals surface area contributed by atoms with Crippen molar-refractivity contribution in [1.29, 1.82) is 0 Å². The Kier molecular flexibility index (Phi) is 4.78. The van der Waals surface area contributed by atoms with E-state index < -0.39 is 5.41 Å². The highest BCUT2D eigenvalue weighted by Crippen LogP contribution is 2.31. The number of carbonyl (C=O) groups excluding carboxylic acids is 1. The molecule has 1 aliphatic rings. The Balaban J connectivity index is 2.22. The third-order valence-electron chi connectivity index (χ3n) is 3.89. The van der Waals surface area contributed by atoms with Crippen molar-refractivity contribution in [2.75, 3.05) is 26.9 Å². The number of carbonyl (C=O) groups is 1. The molecule has 1 fully saturated rings. The van der Waals surface area contributed by atoms with Crippen molar-refractivity contribution in [3.05, 3.63) is 35.4 Å². The minimum atomic E-state index is -0.907. The summed E-state index contributed by atoms with van der Waals surface area (Å²) in [6.45, 7) is 3.14. The molecule has 0 spiro atoms. The van der Waals surface area contributed by atoms with Gasteiger partial charge in [-0.25, -0.2) is 0 Å². The molecular formula is C16H23NO3. The topological polar surface area (TPSA) is 61.5 Å². The molecule has 0 bridgehead atoms. The van der Waals surface area contributed by atoms with E-state index in [1.165, 1.54) is 20.0 Å². The lowest BCUT2D eigenvalue weighted by Crippen LogP contribution is -2.48. The Morgan fingerprint density at radius 1 is 1.45 bits per heavy atom. The van der Waals surface area contributed by atoms with Crippen LogP contribution in [-0.4, -0.2) is 32.8 Å². The number of hydrogen-bond acceptors (Lipinski definition) is 4. The molecule has 1 aliphatic carbocycles. The maximum absolute atomic E-state index is 12.3. The average Bonchev–Trinajstić information content (AvgIpc) is 3.27. The predicted octanol–water partition coefficient (Wildman–Crippen LogP) is 1.79. The summed E-state index contributed by atoms with van der Waals surface area (Å²) in [6.07, 6.45) is 2.44. The zero-order valence-electron chi connectivity index (χ0n) is 12.2. The molecule has 1 aromatic carbocycles. The second kappa shape index (κ2) is 6.37. The van der Waals surface area contributed by atoms with Gasteiger partial charge in [-0.1, -0.05) is 29.8 Å². The first-order chi connectivity index (χ1) is 9.62. The monoisotopic (exact) mass is 277 g/mol. The minimum absolute atomic E-state index is 0.174. The largest absolute Gasteiger partial charge is 0.468 e. The number of methoxy groups -OCH3 is 1. The Morgan fingerprint density at radius 2 is 2.20 bits per heavy atom. The highest BCUT2D eigenvalue weighted by molar-refractivity contribution is 5.83. The summed E-state index contributed by atoms with van der Waals surface area (Å²) in [5.74, 6) is 0.321. The van der Waals surface area contributed by atoms with E-state index in [9.17, 15) is 4.79 Å². The molecule has 1 saturated carbocycles. The van der Waals surface area contributed by atoms with Crippen LogP contribution in [-0.2, 0) is 19.7 Å². The van der Waals surface area contributed by atoms with Gasteiger partial charge in [0, 0.05) is 13.2 Å². The van der Waals surface area contributed by atoms with E-state index >= 15 is 0 Å². The molecule has 1 unspecified atom stereocenters. The van der Waals surface area contributed by atoms with E-state index in [1.807, 2.05) is 31.2 Å². The van der Waals surface area contributed by atoms with Crippen LogP contribution in [0.2, 0.25) is 0 Å². The normalized spacial score (nSPS) is 17.6. The standard InChI is InChI=1S/C16H23NO3/c1-12-4-3-5-14(8-12)16(10-17,15(18)19-2)11-20-9-13-6-7-13/h3-5,8,13H,6-7,9-11,17H2,1-2H3. The molecular weight excluding hydrogens is 254 g/mol. The number of rotatable bonds is 7. The molecule has 110 valence electrons. The summed E-state index contributed by atoms with van der Waals surface area (Å²) in [5, 5.41) is 0. The van der Waals surface area contributed by atoms with Crippen LogP contribution in [0.1, 0.15) is 24.0 Å². The van der Waals surface area contributed by atoms with Crippen molar-refractivity contribution >= 4 is 5.97 Å². The zero-order chi connectivity index (χ0) is 14.6. The number of esters is 1. The van der Waals surface area contributed by atoms with Gasteiger partial charge in [-0.15, -0.1) is 0 Å². The van der Waals surface area contributed by atoms with Gasteiger partial charge < -0.3 is 15.2 Å². The van der Waals surface area contributed by atoms with Crippen LogP contribution in [0, 0.1) is 12.8 Å². The predicted molar refractivity (Wildman–Crippen MR) is 77.5 cm³/mol. The van der Waals surface area contributed by atoms with E-state index in [0.29, 0.717) is 12.5 Å². The molecule has 4 heteroatoms. The maximum atomic E-state index is 12.3. The van der Waals surface area contributed by atoms with Crippen LogP contribution in [0.4, 0.5) is 0 Å². The molecule has 0 radical (unpaired) electrons. The van der Waals surface area contributed by atoms with Gasteiger partial charge in [-0.2, -0.15) is 0 Å². The average molecular weight is 277 g/mol. The quantitative estimate of drug-likeness (QED) is 0.772. The molecule has 1 aromatic rings. The van der Waals surface area contributed by atoms with Crippen LogP contribution >= 0.6 is 0 Å². The summed E-state index contributed by atoms with van der Waals surface area (Å²) >= 11 is 0. The second-order valence-corrected chi connectivity index (χ2v) is 5.61. The van der Waals surface area contributed by atoms with Gasteiger partial charge in [0.25, 0.3) is 0 Å². The van der Waals surface area contributed by atoms with Crippen LogP contribution < -0.4 is 5.73 Å². The lowest BCUT2D eigenvalue weighted by Gasteiger charge is -2.30. The number of benzene rings is 1. The first-order valence-corrected chi connectivity index (χ1v) is 7.06. The van der Waals surface area contributed by atoms with E-state index in [4.69, 9.17) is 15.2 Å². The van der Waals surface area contributed by atoms with Crippen LogP contribution in [0.3, 0.4) is 0 Å². The van der Waals surface area contributed by atoms with E-state index in [1.54, 1.807) is 0 Å². The Labute approximate surface area is 120 Å². The summed E-state index contributed by atoms with van der Waals surface area (Å²) in [7, 11) is 1.39. The summed E-state index contributed by atoms with van der Waals surface area (Å²) in [6, 6.07) is 7.81. The summed E-state index contributed by atoms with van der Waals surface area (Å²) < 4.78 is 10.7. The fourth-order valence-electron chi connectivity index (χ4n) is 2.34. The van der Waals surface area contributed by atoms with Crippen molar-refractivity contribution in [3.8, 4) is 0 Å². The Morgan fingerprint density at radius 3 is 2.75 bits per heavy atom. The van der Waals surface area contributed by atoms with Crippen molar-refractivity contribution in [3.63, 3.8) is 0 Å². The van der Waals surface area contributed by atoms with Gasteiger partial charge in [0.1, 0.15) is 5.41 Å². The molecule has 0 aliphatic heterocycles. The van der Waals surface area contributed by atoms with Crippen LogP contribution in [0.15, 0.2) is 24.3 Å². The molecule has 0 saturated heterocycles. The van der Waals surface area contributed by atoms with E-state index in [0.717, 1.165) is 11.1 Å². The van der Waals surface area contributed by atoms with Crippen molar-refractivity contribution in [1.82, 2.24) is 0 Å². The van der Waals surface area contributed by atoms with Gasteiger partial charge >= 0.3 is 5.97 Å². The zero-order valence-corrected chi connectivity index (χ0v) is 12.2. The third-order valence-corrected chi connectivity index (χ3v) is 3.89. The SMILES string of the molecule is COC(=O)C(CN)(COCC1CC1)c1cccc(C)c1. The van der Waals surface area contributed by atoms with E-state index in [-0.39, 0.29) is 19.1 Å². The fourth-order valence-corrected chi connectivity index (χ4v) is 2.34. The molecule has 0 heterocycles. The summed E-state index contributed by atoms with van der Waals surface area (Å²) in [4.78, 5) is 12.3. The van der Waals surface area contributed by atoms with Crippen molar-refractivity contribution < 1.29 is 14.3 Å². The van der Waals surface area contributed by atoms with E-state index in [2.05, 4.69) is 0 Å². The number of aryl methyl sites for hydroxylation is 1. The van der Waals surface area contributed by atoms with Crippen LogP contribution in [0.25, 0.3) is 0 Å². The van der Waals surface area contributed by atoms with Gasteiger partial charge in [-0.3, -0.25) is 4.79 Å². The number of nitrogens with two attached hydrogens (primary N) is 1. The van der Waals surface area contributed by atoms with Gasteiger partial charge in [0.05, 0.1) is 13.7 Å². The lowest BCUT2D eigenvalue weighted by atomic mass is 9.80. The van der Waals surface area contributed by atoms with Crippen molar-refractivity contribution in [2.45, 2.75) is 25.2 Å².